The molecule has 0 aromatic heterocycles. The number of hydroxylamine groups is 2. The van der Waals surface area contributed by atoms with Crippen molar-refractivity contribution in [1.29, 1.82) is 0 Å². The average molecular weight is 382 g/mol. The van der Waals surface area contributed by atoms with E-state index >= 15 is 0 Å². The highest BCUT2D eigenvalue weighted by Gasteiger charge is 2.50. The van der Waals surface area contributed by atoms with Crippen LogP contribution in [0, 0.1) is 0 Å². The van der Waals surface area contributed by atoms with Crippen LogP contribution in [-0.2, 0) is 32.4 Å². The molecule has 27 heavy (non-hydrogen) atoms. The van der Waals surface area contributed by atoms with Crippen molar-refractivity contribution >= 4 is 0 Å². The molecule has 2 aliphatic rings. The molecule has 1 fully saturated rings. The van der Waals surface area contributed by atoms with Crippen molar-refractivity contribution in [2.45, 2.75) is 76.1 Å². The maximum Gasteiger partial charge on any atom is 0.187 e. The molecule has 1 radical (unpaired) electrons. The van der Waals surface area contributed by atoms with E-state index in [-0.39, 0.29) is 6.61 Å². The summed E-state index contributed by atoms with van der Waals surface area (Å²) in [5, 5.41) is 52.7. The third-order valence-electron chi connectivity index (χ3n) is 5.68. The maximum atomic E-state index is 12.7. The minimum atomic E-state index is -1.48. The average Bonchev–Trinajstić information content (AvgIpc) is 2.77. The lowest BCUT2D eigenvalue weighted by Gasteiger charge is -2.39. The zero-order chi connectivity index (χ0) is 20.1. The van der Waals surface area contributed by atoms with Crippen LogP contribution in [0.3, 0.4) is 0 Å². The summed E-state index contributed by atoms with van der Waals surface area (Å²) in [6.45, 7) is 7.08. The van der Waals surface area contributed by atoms with Crippen molar-refractivity contribution in [2.75, 3.05) is 6.61 Å². The first kappa shape index (κ1) is 20.6. The fourth-order valence-electron chi connectivity index (χ4n) is 4.02. The third-order valence-corrected chi connectivity index (χ3v) is 5.68. The van der Waals surface area contributed by atoms with Crippen LogP contribution in [0.2, 0.25) is 0 Å². The van der Waals surface area contributed by atoms with Crippen molar-refractivity contribution in [1.82, 2.24) is 5.06 Å². The zero-order valence-electron chi connectivity index (χ0n) is 16.0. The molecule has 3 rings (SSSR count). The summed E-state index contributed by atoms with van der Waals surface area (Å²) in [6, 6.07) is 5.65. The lowest BCUT2D eigenvalue weighted by molar-refractivity contribution is -0.304. The summed E-state index contributed by atoms with van der Waals surface area (Å²) in [5.41, 5.74) is 1.34. The molecular formula is C19H28NO7. The molecule has 2 heterocycles. The number of aliphatic hydroxyl groups excluding tert-OH is 4. The van der Waals surface area contributed by atoms with Gasteiger partial charge in [-0.15, -0.1) is 10.3 Å². The van der Waals surface area contributed by atoms with Crippen molar-refractivity contribution < 1.29 is 35.1 Å². The Hall–Kier alpha value is -1.10. The molecule has 0 bridgehead atoms. The zero-order valence-corrected chi connectivity index (χ0v) is 16.0. The molecule has 8 heteroatoms. The van der Waals surface area contributed by atoms with Gasteiger partial charge in [-0.25, -0.2) is 0 Å². The van der Waals surface area contributed by atoms with Gasteiger partial charge in [0.25, 0.3) is 0 Å². The number of nitrogens with zero attached hydrogens (tertiary/aromatic N) is 1. The van der Waals surface area contributed by atoms with Gasteiger partial charge in [-0.2, -0.15) is 0 Å². The highest BCUT2D eigenvalue weighted by Crippen LogP contribution is 2.48. The van der Waals surface area contributed by atoms with Gasteiger partial charge in [-0.3, -0.25) is 0 Å². The molecule has 151 valence electrons. The van der Waals surface area contributed by atoms with Gasteiger partial charge in [-0.05, 0) is 44.4 Å². The molecule has 5 atom stereocenters. The SMILES string of the molecule is CC1(C)c2ccc(CO[C@@H]3O[C@H](CO)[C@H](O)[C@H](O)[C@H]3O)cc2C(C)(C)N1[O]. The molecule has 4 N–H and O–H groups in total. The molecule has 0 saturated carbocycles. The second-order valence-corrected chi connectivity index (χ2v) is 8.30. The second-order valence-electron chi connectivity index (χ2n) is 8.30. The molecule has 1 aromatic rings. The van der Waals surface area contributed by atoms with E-state index in [1.165, 1.54) is 0 Å². The summed E-state index contributed by atoms with van der Waals surface area (Å²) in [5.74, 6) is 0. The topological polar surface area (TPSA) is 123 Å². The third kappa shape index (κ3) is 3.30. The Kier molecular flexibility index (Phi) is 5.39. The molecule has 0 amide bonds. The smallest absolute Gasteiger partial charge is 0.187 e. The predicted octanol–water partition coefficient (Wildman–Crippen LogP) is 0.134. The molecule has 1 aromatic carbocycles. The first-order chi connectivity index (χ1) is 12.5. The molecular weight excluding hydrogens is 354 g/mol. The summed E-state index contributed by atoms with van der Waals surface area (Å²) in [6.07, 6.45) is -6.54. The van der Waals surface area contributed by atoms with Gasteiger partial charge in [0.1, 0.15) is 24.4 Å². The highest BCUT2D eigenvalue weighted by atomic mass is 16.7. The van der Waals surface area contributed by atoms with Crippen LogP contribution in [0.25, 0.3) is 0 Å². The quantitative estimate of drug-likeness (QED) is 0.584. The van der Waals surface area contributed by atoms with Gasteiger partial charge >= 0.3 is 0 Å². The van der Waals surface area contributed by atoms with Crippen LogP contribution in [0.1, 0.15) is 44.4 Å². The maximum absolute atomic E-state index is 12.7. The Morgan fingerprint density at radius 2 is 1.67 bits per heavy atom. The lowest BCUT2D eigenvalue weighted by Crippen LogP contribution is -2.59. The summed E-state index contributed by atoms with van der Waals surface area (Å²) in [7, 11) is 0. The lowest BCUT2D eigenvalue weighted by atomic mass is 9.89. The van der Waals surface area contributed by atoms with E-state index < -0.39 is 48.4 Å². The Bertz CT molecular complexity index is 691. The number of rotatable bonds is 4. The van der Waals surface area contributed by atoms with E-state index in [9.17, 15) is 25.6 Å². The van der Waals surface area contributed by atoms with E-state index in [1.807, 2.05) is 45.9 Å². The Morgan fingerprint density at radius 3 is 2.30 bits per heavy atom. The van der Waals surface area contributed by atoms with E-state index in [0.717, 1.165) is 21.8 Å². The summed E-state index contributed by atoms with van der Waals surface area (Å²) < 4.78 is 10.9. The first-order valence-corrected chi connectivity index (χ1v) is 9.05. The minimum absolute atomic E-state index is 0.0747. The first-order valence-electron chi connectivity index (χ1n) is 9.05. The molecule has 2 aliphatic heterocycles. The van der Waals surface area contributed by atoms with E-state index in [4.69, 9.17) is 9.47 Å². The standard InChI is InChI=1S/C19H28NO7/c1-18(2)11-6-5-10(7-12(11)19(3,4)20(18)25)9-26-17-16(24)15(23)14(22)13(8-21)27-17/h5-7,13-17,21-24H,8-9H2,1-4H3/t13-,14+,15+,16-,17-/m1/s1. The number of ether oxygens (including phenoxy) is 2. The molecule has 0 spiro atoms. The van der Waals surface area contributed by atoms with Gasteiger partial charge < -0.3 is 29.9 Å². The van der Waals surface area contributed by atoms with E-state index in [1.54, 1.807) is 0 Å². The molecule has 0 aliphatic carbocycles. The van der Waals surface area contributed by atoms with Crippen LogP contribution in [0.15, 0.2) is 18.2 Å². The Morgan fingerprint density at radius 1 is 1.04 bits per heavy atom. The number of fused-ring (bicyclic) bond motifs is 1. The highest BCUT2D eigenvalue weighted by molar-refractivity contribution is 5.44. The van der Waals surface area contributed by atoms with Crippen LogP contribution in [0.5, 0.6) is 0 Å². The molecule has 8 nitrogen and oxygen atoms in total. The predicted molar refractivity (Wildman–Crippen MR) is 93.6 cm³/mol. The fourth-order valence-corrected chi connectivity index (χ4v) is 4.02. The van der Waals surface area contributed by atoms with Gasteiger partial charge in [0.2, 0.25) is 0 Å². The van der Waals surface area contributed by atoms with Crippen LogP contribution in [0.4, 0.5) is 0 Å². The van der Waals surface area contributed by atoms with Gasteiger partial charge in [0, 0.05) is 0 Å². The van der Waals surface area contributed by atoms with Crippen molar-refractivity contribution in [2.24, 2.45) is 0 Å². The number of aliphatic hydroxyl groups is 4. The molecule has 0 unspecified atom stereocenters. The number of benzene rings is 1. The summed E-state index contributed by atoms with van der Waals surface area (Å²) >= 11 is 0. The summed E-state index contributed by atoms with van der Waals surface area (Å²) in [4.78, 5) is 0. The largest absolute Gasteiger partial charge is 0.394 e. The van der Waals surface area contributed by atoms with Gasteiger partial charge in [0.05, 0.1) is 24.3 Å². The molecule has 1 saturated heterocycles. The number of hydrogen-bond donors (Lipinski definition) is 4. The van der Waals surface area contributed by atoms with Crippen molar-refractivity contribution in [3.8, 4) is 0 Å². The van der Waals surface area contributed by atoms with Gasteiger partial charge in [0.15, 0.2) is 6.29 Å². The Labute approximate surface area is 158 Å². The van der Waals surface area contributed by atoms with Crippen LogP contribution < -0.4 is 0 Å². The van der Waals surface area contributed by atoms with E-state index in [0.29, 0.717) is 0 Å². The normalized spacial score (nSPS) is 35.2. The van der Waals surface area contributed by atoms with Gasteiger partial charge in [-0.1, -0.05) is 18.2 Å². The minimum Gasteiger partial charge on any atom is -0.394 e. The van der Waals surface area contributed by atoms with Crippen molar-refractivity contribution in [3.63, 3.8) is 0 Å². The van der Waals surface area contributed by atoms with Crippen molar-refractivity contribution in [3.05, 3.63) is 34.9 Å². The number of hydrogen-bond acceptors (Lipinski definition) is 7. The van der Waals surface area contributed by atoms with Crippen LogP contribution >= 0.6 is 0 Å². The van der Waals surface area contributed by atoms with Crippen LogP contribution in [-0.4, -0.2) is 62.8 Å². The second kappa shape index (κ2) is 7.06. The monoisotopic (exact) mass is 382 g/mol. The fraction of sp³-hybridized carbons (Fsp3) is 0.684. The Balaban J connectivity index is 1.76. The van der Waals surface area contributed by atoms with E-state index in [2.05, 4.69) is 0 Å².